The van der Waals surface area contributed by atoms with Crippen LogP contribution >= 0.6 is 0 Å². The molecule has 3 N–H and O–H groups in total. The van der Waals surface area contributed by atoms with Crippen molar-refractivity contribution in [2.75, 3.05) is 18.2 Å². The van der Waals surface area contributed by atoms with Gasteiger partial charge in [-0.3, -0.25) is 4.79 Å². The van der Waals surface area contributed by atoms with Crippen molar-refractivity contribution in [3.63, 3.8) is 0 Å². The molecule has 19 heavy (non-hydrogen) atoms. The Hall–Kier alpha value is -2.43. The number of anilines is 2. The fraction of sp³-hybridized carbons (Fsp3) is 0.214. The highest BCUT2D eigenvalue weighted by Crippen LogP contribution is 2.24. The predicted octanol–water partition coefficient (Wildman–Crippen LogP) is 2.18. The van der Waals surface area contributed by atoms with E-state index in [1.165, 1.54) is 0 Å². The molecule has 0 aliphatic rings. The molecule has 0 spiro atoms. The van der Waals surface area contributed by atoms with E-state index < -0.39 is 0 Å². The number of aryl methyl sites for hydroxylation is 1. The van der Waals surface area contributed by atoms with Crippen LogP contribution in [0.1, 0.15) is 16.2 Å². The van der Waals surface area contributed by atoms with Gasteiger partial charge in [0.15, 0.2) is 0 Å². The number of carbonyl (C=O) groups excluding carboxylic acids is 1. The Kier molecular flexibility index (Phi) is 3.46. The number of rotatable bonds is 3. The van der Waals surface area contributed by atoms with Gasteiger partial charge in [0, 0.05) is 18.4 Å². The van der Waals surface area contributed by atoms with Crippen molar-refractivity contribution in [2.24, 2.45) is 7.05 Å². The van der Waals surface area contributed by atoms with Crippen molar-refractivity contribution in [3.05, 3.63) is 41.7 Å². The smallest absolute Gasteiger partial charge is 0.272 e. The Balaban J connectivity index is 2.19. The number of benzene rings is 1. The van der Waals surface area contributed by atoms with Crippen molar-refractivity contribution in [1.82, 2.24) is 4.57 Å². The van der Waals surface area contributed by atoms with E-state index in [1.54, 1.807) is 31.4 Å². The third-order valence-electron chi connectivity index (χ3n) is 3.09. The molecule has 5 nitrogen and oxygen atoms in total. The maximum atomic E-state index is 12.1. The summed E-state index contributed by atoms with van der Waals surface area (Å²) in [7, 11) is 3.41. The Bertz CT molecular complexity index is 617. The van der Waals surface area contributed by atoms with Crippen LogP contribution in [0, 0.1) is 6.92 Å². The van der Waals surface area contributed by atoms with Gasteiger partial charge in [0.25, 0.3) is 5.91 Å². The molecule has 5 heteroatoms. The number of hydrogen-bond acceptors (Lipinski definition) is 3. The monoisotopic (exact) mass is 259 g/mol. The summed E-state index contributed by atoms with van der Waals surface area (Å²) in [6.07, 6.45) is 0. The summed E-state index contributed by atoms with van der Waals surface area (Å²) in [5.41, 5.74) is 8.56. The van der Waals surface area contributed by atoms with E-state index in [4.69, 9.17) is 10.5 Å². The van der Waals surface area contributed by atoms with Gasteiger partial charge < -0.3 is 20.4 Å². The fourth-order valence-electron chi connectivity index (χ4n) is 1.85. The highest BCUT2D eigenvalue weighted by molar-refractivity contribution is 6.03. The molecule has 0 atom stereocenters. The van der Waals surface area contributed by atoms with Crippen LogP contribution in [0.15, 0.2) is 30.3 Å². The normalized spacial score (nSPS) is 10.3. The first-order valence-corrected chi connectivity index (χ1v) is 5.90. The molecular formula is C14H17N3O2. The van der Waals surface area contributed by atoms with Crippen LogP contribution in [0.25, 0.3) is 0 Å². The molecule has 1 aromatic carbocycles. The molecule has 2 aromatic rings. The molecule has 0 bridgehead atoms. The van der Waals surface area contributed by atoms with Crippen LogP contribution in [0.2, 0.25) is 0 Å². The Morgan fingerprint density at radius 1 is 1.32 bits per heavy atom. The number of nitrogens with two attached hydrogens (primary N) is 1. The maximum Gasteiger partial charge on any atom is 0.272 e. The molecule has 0 fully saturated rings. The number of ether oxygens (including phenoxy) is 1. The average Bonchev–Trinajstić information content (AvgIpc) is 2.70. The standard InChI is InChI=1S/C14H17N3O2/c1-9-4-6-12(17(9)2)14(18)16-10-5-7-13(19-3)11(15)8-10/h4-8H,15H2,1-3H3,(H,16,18). The second kappa shape index (κ2) is 5.06. The largest absolute Gasteiger partial charge is 0.495 e. The van der Waals surface area contributed by atoms with Gasteiger partial charge in [-0.2, -0.15) is 0 Å². The van der Waals surface area contributed by atoms with Crippen LogP contribution < -0.4 is 15.8 Å². The van der Waals surface area contributed by atoms with E-state index in [9.17, 15) is 4.79 Å². The third kappa shape index (κ3) is 2.54. The summed E-state index contributed by atoms with van der Waals surface area (Å²) in [4.78, 5) is 12.1. The van der Waals surface area contributed by atoms with E-state index in [0.29, 0.717) is 22.8 Å². The topological polar surface area (TPSA) is 69.3 Å². The number of carbonyl (C=O) groups is 1. The summed E-state index contributed by atoms with van der Waals surface area (Å²) in [5.74, 6) is 0.424. The van der Waals surface area contributed by atoms with E-state index in [1.807, 2.05) is 24.6 Å². The minimum Gasteiger partial charge on any atom is -0.495 e. The fourth-order valence-corrected chi connectivity index (χ4v) is 1.85. The van der Waals surface area contributed by atoms with Crippen molar-refractivity contribution in [3.8, 4) is 5.75 Å². The first-order valence-electron chi connectivity index (χ1n) is 5.90. The van der Waals surface area contributed by atoms with Crippen LogP contribution in [-0.2, 0) is 7.05 Å². The Labute approximate surface area is 112 Å². The molecule has 0 aliphatic carbocycles. The Morgan fingerprint density at radius 2 is 2.05 bits per heavy atom. The average molecular weight is 259 g/mol. The molecule has 0 aliphatic heterocycles. The van der Waals surface area contributed by atoms with E-state index in [0.717, 1.165) is 5.69 Å². The summed E-state index contributed by atoms with van der Waals surface area (Å²) in [6, 6.07) is 8.84. The summed E-state index contributed by atoms with van der Waals surface area (Å²) < 4.78 is 6.91. The zero-order valence-electron chi connectivity index (χ0n) is 11.2. The zero-order chi connectivity index (χ0) is 14.0. The van der Waals surface area contributed by atoms with Gasteiger partial charge >= 0.3 is 0 Å². The van der Waals surface area contributed by atoms with Gasteiger partial charge in [-0.15, -0.1) is 0 Å². The number of nitrogens with zero attached hydrogens (tertiary/aromatic N) is 1. The minimum atomic E-state index is -0.167. The molecule has 0 saturated carbocycles. The second-order valence-electron chi connectivity index (χ2n) is 4.33. The number of aromatic nitrogens is 1. The minimum absolute atomic E-state index is 0.167. The molecule has 0 radical (unpaired) electrons. The molecule has 2 rings (SSSR count). The number of nitrogen functional groups attached to an aromatic ring is 1. The van der Waals surface area contributed by atoms with E-state index in [-0.39, 0.29) is 5.91 Å². The SMILES string of the molecule is COc1ccc(NC(=O)c2ccc(C)n2C)cc1N. The zero-order valence-corrected chi connectivity index (χ0v) is 11.2. The number of nitrogens with one attached hydrogen (secondary N) is 1. The number of amides is 1. The van der Waals surface area contributed by atoms with Crippen LogP contribution in [0.4, 0.5) is 11.4 Å². The molecule has 1 aromatic heterocycles. The molecular weight excluding hydrogens is 242 g/mol. The highest BCUT2D eigenvalue weighted by Gasteiger charge is 2.11. The lowest BCUT2D eigenvalue weighted by molar-refractivity contribution is 0.101. The summed E-state index contributed by atoms with van der Waals surface area (Å²) in [6.45, 7) is 1.95. The summed E-state index contributed by atoms with van der Waals surface area (Å²) in [5, 5.41) is 2.81. The molecule has 100 valence electrons. The second-order valence-corrected chi connectivity index (χ2v) is 4.33. The van der Waals surface area contributed by atoms with Gasteiger partial charge in [0.05, 0.1) is 12.8 Å². The maximum absolute atomic E-state index is 12.1. The first-order chi connectivity index (χ1) is 9.02. The quantitative estimate of drug-likeness (QED) is 0.830. The van der Waals surface area contributed by atoms with Gasteiger partial charge in [-0.25, -0.2) is 0 Å². The van der Waals surface area contributed by atoms with Crippen LogP contribution in [-0.4, -0.2) is 17.6 Å². The third-order valence-corrected chi connectivity index (χ3v) is 3.09. The lowest BCUT2D eigenvalue weighted by Crippen LogP contribution is -2.16. The predicted molar refractivity (Wildman–Crippen MR) is 75.5 cm³/mol. The molecule has 1 amide bonds. The van der Waals surface area contributed by atoms with E-state index >= 15 is 0 Å². The van der Waals surface area contributed by atoms with Crippen LogP contribution in [0.3, 0.4) is 0 Å². The number of methoxy groups -OCH3 is 1. The number of hydrogen-bond donors (Lipinski definition) is 2. The Morgan fingerprint density at radius 3 is 2.58 bits per heavy atom. The lowest BCUT2D eigenvalue weighted by Gasteiger charge is -2.09. The van der Waals surface area contributed by atoms with E-state index in [2.05, 4.69) is 5.32 Å². The van der Waals surface area contributed by atoms with Crippen molar-refractivity contribution in [1.29, 1.82) is 0 Å². The van der Waals surface area contributed by atoms with Gasteiger partial charge in [0.2, 0.25) is 0 Å². The van der Waals surface area contributed by atoms with Crippen molar-refractivity contribution >= 4 is 17.3 Å². The van der Waals surface area contributed by atoms with Crippen molar-refractivity contribution in [2.45, 2.75) is 6.92 Å². The lowest BCUT2D eigenvalue weighted by atomic mass is 10.2. The highest BCUT2D eigenvalue weighted by atomic mass is 16.5. The summed E-state index contributed by atoms with van der Waals surface area (Å²) >= 11 is 0. The van der Waals surface area contributed by atoms with Crippen LogP contribution in [0.5, 0.6) is 5.75 Å². The molecule has 0 saturated heterocycles. The van der Waals surface area contributed by atoms with Gasteiger partial charge in [-0.1, -0.05) is 0 Å². The van der Waals surface area contributed by atoms with Crippen molar-refractivity contribution < 1.29 is 9.53 Å². The van der Waals surface area contributed by atoms with Gasteiger partial charge in [0.1, 0.15) is 11.4 Å². The molecule has 0 unspecified atom stereocenters. The molecule has 1 heterocycles. The van der Waals surface area contributed by atoms with Gasteiger partial charge in [-0.05, 0) is 37.3 Å². The first kappa shape index (κ1) is 13.0.